The molecule has 3 heteroatoms. The van der Waals surface area contributed by atoms with Gasteiger partial charge in [-0.15, -0.1) is 0 Å². The Hall–Kier alpha value is -0.900. The molecule has 1 aromatic carbocycles. The summed E-state index contributed by atoms with van der Waals surface area (Å²) in [6, 6.07) is 9.46. The van der Waals surface area contributed by atoms with Crippen molar-refractivity contribution in [1.82, 2.24) is 5.32 Å². The number of fused-ring (bicyclic) bond motifs is 1. The molecule has 0 radical (unpaired) electrons. The number of ether oxygens (including phenoxy) is 2. The molecular weight excluding hydrogens is 262 g/mol. The van der Waals surface area contributed by atoms with Crippen molar-refractivity contribution in [2.24, 2.45) is 0 Å². The fraction of sp³-hybridized carbons (Fsp3) is 0.667. The zero-order chi connectivity index (χ0) is 14.5. The summed E-state index contributed by atoms with van der Waals surface area (Å²) >= 11 is 0. The molecule has 1 aliphatic heterocycles. The normalized spacial score (nSPS) is 24.0. The van der Waals surface area contributed by atoms with Gasteiger partial charge < -0.3 is 14.8 Å². The van der Waals surface area contributed by atoms with Crippen LogP contribution < -0.4 is 5.32 Å². The highest BCUT2D eigenvalue weighted by atomic mass is 16.7. The molecule has 3 nitrogen and oxygen atoms in total. The Morgan fingerprint density at radius 3 is 2.81 bits per heavy atom. The predicted octanol–water partition coefficient (Wildman–Crippen LogP) is 3.24. The first-order valence-corrected chi connectivity index (χ1v) is 8.41. The van der Waals surface area contributed by atoms with Crippen LogP contribution in [0.1, 0.15) is 49.7 Å². The molecule has 0 aromatic heterocycles. The molecule has 2 atom stereocenters. The molecule has 0 amide bonds. The van der Waals surface area contributed by atoms with Gasteiger partial charge in [-0.05, 0) is 49.3 Å². The molecule has 2 aliphatic rings. The summed E-state index contributed by atoms with van der Waals surface area (Å²) in [4.78, 5) is 0. The van der Waals surface area contributed by atoms with Crippen molar-refractivity contribution in [2.75, 3.05) is 19.8 Å². The first kappa shape index (κ1) is 15.0. The SMILES string of the molecule is CCNC(CC1OCCO1)CC1CCCc2ccccc21. The summed E-state index contributed by atoms with van der Waals surface area (Å²) in [5.41, 5.74) is 3.12. The van der Waals surface area contributed by atoms with E-state index in [1.807, 2.05) is 0 Å². The lowest BCUT2D eigenvalue weighted by Crippen LogP contribution is -2.35. The zero-order valence-electron chi connectivity index (χ0n) is 13.0. The number of nitrogens with one attached hydrogen (secondary N) is 1. The highest BCUT2D eigenvalue weighted by Gasteiger charge is 2.26. The van der Waals surface area contributed by atoms with Gasteiger partial charge in [0.2, 0.25) is 0 Å². The Labute approximate surface area is 128 Å². The van der Waals surface area contributed by atoms with Gasteiger partial charge >= 0.3 is 0 Å². The minimum atomic E-state index is -0.00659. The van der Waals surface area contributed by atoms with Gasteiger partial charge in [-0.3, -0.25) is 0 Å². The van der Waals surface area contributed by atoms with E-state index >= 15 is 0 Å². The van der Waals surface area contributed by atoms with Gasteiger partial charge in [0.15, 0.2) is 6.29 Å². The van der Waals surface area contributed by atoms with Gasteiger partial charge in [0.1, 0.15) is 0 Å². The van der Waals surface area contributed by atoms with Crippen LogP contribution in [0.2, 0.25) is 0 Å². The van der Waals surface area contributed by atoms with Crippen molar-refractivity contribution >= 4 is 0 Å². The number of aryl methyl sites for hydroxylation is 1. The number of hydrogen-bond donors (Lipinski definition) is 1. The van der Waals surface area contributed by atoms with E-state index in [1.165, 1.54) is 25.7 Å². The Morgan fingerprint density at radius 2 is 2.00 bits per heavy atom. The van der Waals surface area contributed by atoms with E-state index in [0.717, 1.165) is 26.2 Å². The van der Waals surface area contributed by atoms with Crippen molar-refractivity contribution < 1.29 is 9.47 Å². The van der Waals surface area contributed by atoms with Crippen LogP contribution in [0.25, 0.3) is 0 Å². The highest BCUT2D eigenvalue weighted by Crippen LogP contribution is 2.35. The molecule has 1 aromatic rings. The molecule has 0 saturated carbocycles. The third kappa shape index (κ3) is 3.85. The molecule has 3 rings (SSSR count). The quantitative estimate of drug-likeness (QED) is 0.872. The first-order chi connectivity index (χ1) is 10.4. The molecule has 21 heavy (non-hydrogen) atoms. The van der Waals surface area contributed by atoms with Gasteiger partial charge in [0.25, 0.3) is 0 Å². The Balaban J connectivity index is 1.65. The third-order valence-corrected chi connectivity index (χ3v) is 4.72. The van der Waals surface area contributed by atoms with Crippen LogP contribution in [0.4, 0.5) is 0 Å². The standard InChI is InChI=1S/C18H27NO2/c1-2-19-16(13-18-20-10-11-21-18)12-15-8-5-7-14-6-3-4-9-17(14)15/h3-4,6,9,15-16,18-19H,2,5,7-8,10-13H2,1H3. The van der Waals surface area contributed by atoms with E-state index in [2.05, 4.69) is 36.5 Å². The number of rotatable bonds is 6. The fourth-order valence-corrected chi connectivity index (χ4v) is 3.77. The van der Waals surface area contributed by atoms with Crippen molar-refractivity contribution in [3.05, 3.63) is 35.4 Å². The molecule has 1 N–H and O–H groups in total. The maximum atomic E-state index is 5.63. The molecule has 1 aliphatic carbocycles. The van der Waals surface area contributed by atoms with E-state index < -0.39 is 0 Å². The molecule has 1 heterocycles. The minimum Gasteiger partial charge on any atom is -0.350 e. The summed E-state index contributed by atoms with van der Waals surface area (Å²) < 4.78 is 11.3. The predicted molar refractivity (Wildman–Crippen MR) is 84.5 cm³/mol. The van der Waals surface area contributed by atoms with Crippen LogP contribution in [0, 0.1) is 0 Å². The molecule has 116 valence electrons. The van der Waals surface area contributed by atoms with E-state index in [0.29, 0.717) is 12.0 Å². The topological polar surface area (TPSA) is 30.5 Å². The highest BCUT2D eigenvalue weighted by molar-refractivity contribution is 5.32. The average Bonchev–Trinajstić information content (AvgIpc) is 3.01. The van der Waals surface area contributed by atoms with Crippen molar-refractivity contribution in [3.63, 3.8) is 0 Å². The summed E-state index contributed by atoms with van der Waals surface area (Å²) in [7, 11) is 0. The second-order valence-electron chi connectivity index (χ2n) is 6.19. The zero-order valence-corrected chi connectivity index (χ0v) is 13.0. The number of benzene rings is 1. The van der Waals surface area contributed by atoms with Gasteiger partial charge in [0.05, 0.1) is 13.2 Å². The largest absolute Gasteiger partial charge is 0.350 e. The first-order valence-electron chi connectivity index (χ1n) is 8.41. The van der Waals surface area contributed by atoms with E-state index in [9.17, 15) is 0 Å². The minimum absolute atomic E-state index is 0.00659. The van der Waals surface area contributed by atoms with Crippen LogP contribution in [-0.2, 0) is 15.9 Å². The van der Waals surface area contributed by atoms with Crippen molar-refractivity contribution in [2.45, 2.75) is 57.3 Å². The number of hydrogen-bond acceptors (Lipinski definition) is 3. The average molecular weight is 289 g/mol. The smallest absolute Gasteiger partial charge is 0.159 e. The fourth-order valence-electron chi connectivity index (χ4n) is 3.77. The lowest BCUT2D eigenvalue weighted by molar-refractivity contribution is -0.0535. The maximum Gasteiger partial charge on any atom is 0.159 e. The Bertz CT molecular complexity index is 443. The lowest BCUT2D eigenvalue weighted by atomic mass is 9.79. The third-order valence-electron chi connectivity index (χ3n) is 4.72. The molecule has 1 saturated heterocycles. The van der Waals surface area contributed by atoms with Crippen LogP contribution >= 0.6 is 0 Å². The lowest BCUT2D eigenvalue weighted by Gasteiger charge is -2.30. The summed E-state index contributed by atoms with van der Waals surface area (Å²) in [5.74, 6) is 0.681. The maximum absolute atomic E-state index is 5.63. The van der Waals surface area contributed by atoms with Gasteiger partial charge in [-0.1, -0.05) is 31.2 Å². The van der Waals surface area contributed by atoms with Crippen LogP contribution in [0.15, 0.2) is 24.3 Å². The van der Waals surface area contributed by atoms with Gasteiger partial charge in [0, 0.05) is 12.5 Å². The van der Waals surface area contributed by atoms with Crippen LogP contribution in [-0.4, -0.2) is 32.1 Å². The molecule has 1 fully saturated rings. The van der Waals surface area contributed by atoms with Gasteiger partial charge in [-0.25, -0.2) is 0 Å². The van der Waals surface area contributed by atoms with Crippen LogP contribution in [0.3, 0.4) is 0 Å². The molecule has 0 bridgehead atoms. The second-order valence-corrected chi connectivity index (χ2v) is 6.19. The monoisotopic (exact) mass is 289 g/mol. The van der Waals surface area contributed by atoms with E-state index in [4.69, 9.17) is 9.47 Å². The van der Waals surface area contributed by atoms with Gasteiger partial charge in [-0.2, -0.15) is 0 Å². The van der Waals surface area contributed by atoms with E-state index in [1.54, 1.807) is 11.1 Å². The molecular formula is C18H27NO2. The Morgan fingerprint density at radius 1 is 1.19 bits per heavy atom. The molecule has 2 unspecified atom stereocenters. The van der Waals surface area contributed by atoms with Crippen molar-refractivity contribution in [3.8, 4) is 0 Å². The van der Waals surface area contributed by atoms with Crippen LogP contribution in [0.5, 0.6) is 0 Å². The molecule has 0 spiro atoms. The second kappa shape index (κ2) is 7.39. The summed E-state index contributed by atoms with van der Waals surface area (Å²) in [5, 5.41) is 3.63. The van der Waals surface area contributed by atoms with Crippen molar-refractivity contribution in [1.29, 1.82) is 0 Å². The summed E-state index contributed by atoms with van der Waals surface area (Å²) in [6.07, 6.45) is 6.02. The Kier molecular flexibility index (Phi) is 5.28. The van der Waals surface area contributed by atoms with E-state index in [-0.39, 0.29) is 6.29 Å². The summed E-state index contributed by atoms with van der Waals surface area (Å²) in [6.45, 7) is 4.68.